The highest BCUT2D eigenvalue weighted by molar-refractivity contribution is 4.75. The van der Waals surface area contributed by atoms with Gasteiger partial charge in [0.2, 0.25) is 0 Å². The van der Waals surface area contributed by atoms with Crippen LogP contribution in [0.1, 0.15) is 80.1 Å². The van der Waals surface area contributed by atoms with Crippen molar-refractivity contribution >= 4 is 0 Å². The maximum Gasteiger partial charge on any atom is 0.0249 e. The van der Waals surface area contributed by atoms with Gasteiger partial charge in [-0.3, -0.25) is 0 Å². The summed E-state index contributed by atoms with van der Waals surface area (Å²) in [5.41, 5.74) is 0. The van der Waals surface area contributed by atoms with E-state index in [0.717, 1.165) is 11.8 Å². The summed E-state index contributed by atoms with van der Waals surface area (Å²) in [6.45, 7) is 13.8. The van der Waals surface area contributed by atoms with Gasteiger partial charge < -0.3 is 0 Å². The van der Waals surface area contributed by atoms with E-state index in [1.165, 1.54) is 38.5 Å². The third-order valence-corrected chi connectivity index (χ3v) is 4.11. The minimum atomic E-state index is 0.596. The molecule has 0 fully saturated rings. The van der Waals surface area contributed by atoms with Gasteiger partial charge in [0.05, 0.1) is 0 Å². The molecule has 0 bridgehead atoms. The van der Waals surface area contributed by atoms with Crippen LogP contribution in [0.3, 0.4) is 0 Å². The second-order valence-electron chi connectivity index (χ2n) is 5.77. The van der Waals surface area contributed by atoms with Crippen LogP contribution in [0.4, 0.5) is 0 Å². The average molecular weight is 240 g/mol. The van der Waals surface area contributed by atoms with Crippen LogP contribution in [0.5, 0.6) is 0 Å². The fraction of sp³-hybridized carbons (Fsp3) is 1.00. The highest BCUT2D eigenvalue weighted by Gasteiger charge is 2.17. The zero-order valence-corrected chi connectivity index (χ0v) is 13.0. The number of hydrogen-bond donors (Lipinski definition) is 0. The monoisotopic (exact) mass is 240 g/mol. The van der Waals surface area contributed by atoms with Crippen molar-refractivity contribution in [2.45, 2.75) is 92.2 Å². The molecule has 0 amide bonds. The lowest BCUT2D eigenvalue weighted by Crippen LogP contribution is -2.33. The lowest BCUT2D eigenvalue weighted by atomic mass is 9.94. The third kappa shape index (κ3) is 7.81. The molecule has 0 aliphatic heterocycles. The molecule has 1 heteroatoms. The normalized spacial score (nSPS) is 18.7. The molecule has 0 rings (SSSR count). The molecule has 1 nitrogen and oxygen atoms in total. The van der Waals surface area contributed by atoms with Gasteiger partial charge >= 0.3 is 0 Å². The van der Waals surface area contributed by atoms with E-state index in [2.05, 4.69) is 41.5 Å². The van der Waals surface area contributed by atoms with Crippen LogP contribution in [0, 0.1) is 11.8 Å². The Morgan fingerprint density at radius 2 is 1.00 bits per heavy atom. The van der Waals surface area contributed by atoms with E-state index in [0.29, 0.717) is 12.1 Å². The van der Waals surface area contributed by atoms with Gasteiger partial charge in [-0.2, -0.15) is 0 Å². The second kappa shape index (κ2) is 9.94. The number of rotatable bonds is 10. The van der Waals surface area contributed by atoms with Crippen molar-refractivity contribution in [2.24, 2.45) is 11.8 Å². The summed E-state index contributed by atoms with van der Waals surface area (Å²) in [5.74, 6) is 1.65. The predicted molar refractivity (Wildman–Crippen MR) is 78.4 cm³/mol. The van der Waals surface area contributed by atoms with Crippen molar-refractivity contribution in [1.29, 1.82) is 0 Å². The molecule has 4 atom stereocenters. The topological polar surface area (TPSA) is 14.1 Å². The van der Waals surface area contributed by atoms with Crippen molar-refractivity contribution in [3.05, 3.63) is 0 Å². The van der Waals surface area contributed by atoms with Crippen LogP contribution < -0.4 is 5.32 Å². The maximum absolute atomic E-state index is 5.09. The molecular formula is C16H34N. The molecule has 0 aliphatic rings. The fourth-order valence-corrected chi connectivity index (χ4v) is 2.23. The van der Waals surface area contributed by atoms with Crippen LogP contribution in [0.25, 0.3) is 0 Å². The first-order chi connectivity index (χ1) is 8.07. The Balaban J connectivity index is 4.11. The van der Waals surface area contributed by atoms with Gasteiger partial charge in [-0.05, 0) is 37.5 Å². The van der Waals surface area contributed by atoms with Crippen molar-refractivity contribution in [3.63, 3.8) is 0 Å². The molecule has 0 N–H and O–H groups in total. The maximum atomic E-state index is 5.09. The van der Waals surface area contributed by atoms with Gasteiger partial charge in [0.1, 0.15) is 0 Å². The zero-order chi connectivity index (χ0) is 13.3. The van der Waals surface area contributed by atoms with Crippen molar-refractivity contribution in [2.75, 3.05) is 0 Å². The molecule has 0 aromatic carbocycles. The zero-order valence-electron chi connectivity index (χ0n) is 13.0. The molecule has 103 valence electrons. The molecule has 0 saturated heterocycles. The van der Waals surface area contributed by atoms with Crippen LogP contribution >= 0.6 is 0 Å². The van der Waals surface area contributed by atoms with E-state index < -0.39 is 0 Å². The highest BCUT2D eigenvalue weighted by atomic mass is 14.9. The standard InChI is InChI=1S/C16H34N/c1-7-13(5)11-15(9-3)17-16(10-4)12-14(6)8-2/h13-16H,7-12H2,1-6H3. The summed E-state index contributed by atoms with van der Waals surface area (Å²) in [7, 11) is 0. The second-order valence-corrected chi connectivity index (χ2v) is 5.77. The van der Waals surface area contributed by atoms with Crippen LogP contribution in [-0.2, 0) is 0 Å². The molecule has 0 aliphatic carbocycles. The number of hydrogen-bond acceptors (Lipinski definition) is 0. The fourth-order valence-electron chi connectivity index (χ4n) is 2.23. The van der Waals surface area contributed by atoms with E-state index in [9.17, 15) is 0 Å². The SMILES string of the molecule is CCC(C)CC(CC)[N]C(CC)CC(C)CC. The van der Waals surface area contributed by atoms with Crippen molar-refractivity contribution in [3.8, 4) is 0 Å². The van der Waals surface area contributed by atoms with Gasteiger partial charge in [0.15, 0.2) is 0 Å². The van der Waals surface area contributed by atoms with Crippen LogP contribution in [0.15, 0.2) is 0 Å². The van der Waals surface area contributed by atoms with Gasteiger partial charge in [-0.1, -0.05) is 54.4 Å². The predicted octanol–water partition coefficient (Wildman–Crippen LogP) is 5.02. The first-order valence-electron chi connectivity index (χ1n) is 7.77. The quantitative estimate of drug-likeness (QED) is 0.509. The van der Waals surface area contributed by atoms with Gasteiger partial charge in [-0.15, -0.1) is 0 Å². The summed E-state index contributed by atoms with van der Waals surface area (Å²) in [6.07, 6.45) is 7.55. The van der Waals surface area contributed by atoms with Crippen molar-refractivity contribution < 1.29 is 0 Å². The van der Waals surface area contributed by atoms with Gasteiger partial charge in [0, 0.05) is 12.1 Å². The number of nitrogens with zero attached hydrogens (tertiary/aromatic N) is 1. The lowest BCUT2D eigenvalue weighted by molar-refractivity contribution is 0.301. The Hall–Kier alpha value is -0.0400. The highest BCUT2D eigenvalue weighted by Crippen LogP contribution is 2.18. The summed E-state index contributed by atoms with van der Waals surface area (Å²) in [5, 5.41) is 5.09. The Morgan fingerprint density at radius 3 is 1.24 bits per heavy atom. The molecule has 4 unspecified atom stereocenters. The van der Waals surface area contributed by atoms with E-state index in [1.807, 2.05) is 0 Å². The Labute approximate surface area is 110 Å². The molecule has 1 radical (unpaired) electrons. The van der Waals surface area contributed by atoms with Gasteiger partial charge in [0.25, 0.3) is 0 Å². The summed E-state index contributed by atoms with van der Waals surface area (Å²) in [6, 6.07) is 1.19. The summed E-state index contributed by atoms with van der Waals surface area (Å²) < 4.78 is 0. The molecule has 0 heterocycles. The molecule has 0 spiro atoms. The first-order valence-corrected chi connectivity index (χ1v) is 7.77. The molecule has 0 aromatic heterocycles. The summed E-state index contributed by atoms with van der Waals surface area (Å²) >= 11 is 0. The van der Waals surface area contributed by atoms with E-state index >= 15 is 0 Å². The minimum absolute atomic E-state index is 0.596. The van der Waals surface area contributed by atoms with Crippen molar-refractivity contribution in [1.82, 2.24) is 5.32 Å². The largest absolute Gasteiger partial charge is 0.235 e. The molecule has 0 aromatic rings. The average Bonchev–Trinajstić information content (AvgIpc) is 2.36. The third-order valence-electron chi connectivity index (χ3n) is 4.11. The molecule has 17 heavy (non-hydrogen) atoms. The lowest BCUT2D eigenvalue weighted by Gasteiger charge is -2.26. The van der Waals surface area contributed by atoms with Crippen LogP contribution in [0.2, 0.25) is 0 Å². The van der Waals surface area contributed by atoms with Crippen LogP contribution in [-0.4, -0.2) is 12.1 Å². The van der Waals surface area contributed by atoms with Gasteiger partial charge in [-0.25, -0.2) is 5.32 Å². The molecular weight excluding hydrogens is 206 g/mol. The smallest absolute Gasteiger partial charge is 0.0249 e. The van der Waals surface area contributed by atoms with E-state index in [1.54, 1.807) is 0 Å². The Morgan fingerprint density at radius 1 is 0.647 bits per heavy atom. The first kappa shape index (κ1) is 17.0. The Bertz CT molecular complexity index is 149. The molecule has 0 saturated carbocycles. The Kier molecular flexibility index (Phi) is 9.91. The minimum Gasteiger partial charge on any atom is -0.235 e. The van der Waals surface area contributed by atoms with E-state index in [4.69, 9.17) is 5.32 Å². The van der Waals surface area contributed by atoms with E-state index in [-0.39, 0.29) is 0 Å². The summed E-state index contributed by atoms with van der Waals surface area (Å²) in [4.78, 5) is 0.